The van der Waals surface area contributed by atoms with E-state index in [0.29, 0.717) is 18.1 Å². The second-order valence-corrected chi connectivity index (χ2v) is 8.46. The Morgan fingerprint density at radius 2 is 2.07 bits per heavy atom. The number of thioether (sulfide) groups is 1. The average Bonchev–Trinajstić information content (AvgIpc) is 3.42. The Kier molecular flexibility index (Phi) is 6.15. The van der Waals surface area contributed by atoms with Gasteiger partial charge in [0, 0.05) is 32.1 Å². The maximum atomic E-state index is 13.1. The molecule has 7 nitrogen and oxygen atoms in total. The van der Waals surface area contributed by atoms with Gasteiger partial charge in [0.25, 0.3) is 0 Å². The first-order chi connectivity index (χ1) is 13.6. The average molecular weight is 413 g/mol. The molecular weight excluding hydrogens is 386 g/mol. The van der Waals surface area contributed by atoms with E-state index in [2.05, 4.69) is 31.6 Å². The van der Waals surface area contributed by atoms with E-state index in [-0.39, 0.29) is 6.10 Å². The van der Waals surface area contributed by atoms with Crippen LogP contribution in [-0.4, -0.2) is 50.1 Å². The Balaban J connectivity index is 1.52. The van der Waals surface area contributed by atoms with Gasteiger partial charge in [-0.3, -0.25) is 9.13 Å². The molecule has 2 saturated heterocycles. The Bertz CT molecular complexity index is 768. The number of imidazole rings is 1. The molecule has 1 unspecified atom stereocenters. The van der Waals surface area contributed by atoms with Crippen LogP contribution in [0.4, 0.5) is 14.7 Å². The normalized spacial score (nSPS) is 21.1. The molecular formula is C18H26F2N6OS. The zero-order valence-corrected chi connectivity index (χ0v) is 16.8. The fraction of sp³-hybridized carbons (Fsp3) is 0.722. The van der Waals surface area contributed by atoms with E-state index in [4.69, 9.17) is 4.74 Å². The lowest BCUT2D eigenvalue weighted by atomic mass is 10.00. The highest BCUT2D eigenvalue weighted by Crippen LogP contribution is 2.29. The predicted octanol–water partition coefficient (Wildman–Crippen LogP) is 3.58. The number of anilines is 1. The third-order valence-corrected chi connectivity index (χ3v) is 6.43. The van der Waals surface area contributed by atoms with Crippen LogP contribution in [0, 0.1) is 5.92 Å². The summed E-state index contributed by atoms with van der Waals surface area (Å²) < 4.78 is 35.0. The van der Waals surface area contributed by atoms with Crippen molar-refractivity contribution in [2.45, 2.75) is 62.7 Å². The van der Waals surface area contributed by atoms with E-state index in [0.717, 1.165) is 67.0 Å². The fourth-order valence-corrected chi connectivity index (χ4v) is 4.64. The van der Waals surface area contributed by atoms with Gasteiger partial charge in [-0.1, -0.05) is 18.7 Å². The molecule has 154 valence electrons. The number of aromatic nitrogens is 5. The summed E-state index contributed by atoms with van der Waals surface area (Å²) in [4.78, 5) is 6.34. The molecule has 28 heavy (non-hydrogen) atoms. The van der Waals surface area contributed by atoms with Crippen LogP contribution in [0.5, 0.6) is 0 Å². The van der Waals surface area contributed by atoms with Gasteiger partial charge in [-0.25, -0.2) is 4.98 Å². The van der Waals surface area contributed by atoms with Crippen molar-refractivity contribution in [1.29, 1.82) is 0 Å². The van der Waals surface area contributed by atoms with Gasteiger partial charge in [0.2, 0.25) is 5.95 Å². The summed E-state index contributed by atoms with van der Waals surface area (Å²) in [6.45, 7) is 3.10. The Morgan fingerprint density at radius 3 is 2.79 bits per heavy atom. The number of ether oxygens (including phenoxy) is 1. The molecule has 4 heterocycles. The SMILES string of the molecule is CC1CCN(c2nnc(SCc3nccn3C(F)F)n2CC2CCCO2)CC1. The van der Waals surface area contributed by atoms with Crippen molar-refractivity contribution in [2.75, 3.05) is 24.6 Å². The van der Waals surface area contributed by atoms with Gasteiger partial charge in [-0.15, -0.1) is 10.2 Å². The van der Waals surface area contributed by atoms with E-state index in [1.54, 1.807) is 0 Å². The number of nitrogens with zero attached hydrogens (tertiary/aromatic N) is 6. The molecule has 4 rings (SSSR count). The molecule has 0 amide bonds. The van der Waals surface area contributed by atoms with Crippen molar-refractivity contribution < 1.29 is 13.5 Å². The van der Waals surface area contributed by atoms with E-state index >= 15 is 0 Å². The lowest BCUT2D eigenvalue weighted by Crippen LogP contribution is -2.35. The molecule has 2 aliphatic rings. The van der Waals surface area contributed by atoms with Crippen LogP contribution < -0.4 is 4.90 Å². The maximum absolute atomic E-state index is 13.1. The highest BCUT2D eigenvalue weighted by atomic mass is 32.2. The summed E-state index contributed by atoms with van der Waals surface area (Å²) in [6, 6.07) is 0. The van der Waals surface area contributed by atoms with Crippen LogP contribution in [-0.2, 0) is 17.0 Å². The largest absolute Gasteiger partial charge is 0.376 e. The number of piperidine rings is 1. The maximum Gasteiger partial charge on any atom is 0.319 e. The highest BCUT2D eigenvalue weighted by Gasteiger charge is 2.26. The second-order valence-electron chi connectivity index (χ2n) is 7.51. The van der Waals surface area contributed by atoms with Crippen LogP contribution in [0.15, 0.2) is 17.6 Å². The standard InChI is InChI=1S/C18H26F2N6OS/c1-13-4-7-24(8-5-13)17-22-23-18(26(17)11-14-3-2-10-27-14)28-12-15-21-6-9-25(15)16(19)20/h6,9,13-14,16H,2-5,7-8,10-12H2,1H3. The van der Waals surface area contributed by atoms with Gasteiger partial charge >= 0.3 is 6.55 Å². The highest BCUT2D eigenvalue weighted by molar-refractivity contribution is 7.98. The van der Waals surface area contributed by atoms with Gasteiger partial charge in [-0.2, -0.15) is 8.78 Å². The Hall–Kier alpha value is -1.68. The molecule has 1 atom stereocenters. The van der Waals surface area contributed by atoms with Crippen molar-refractivity contribution in [3.8, 4) is 0 Å². The summed E-state index contributed by atoms with van der Waals surface area (Å²) in [5, 5.41) is 9.56. The zero-order valence-electron chi connectivity index (χ0n) is 16.0. The van der Waals surface area contributed by atoms with E-state index in [1.165, 1.54) is 24.2 Å². The topological polar surface area (TPSA) is 61.0 Å². The summed E-state index contributed by atoms with van der Waals surface area (Å²) in [5.74, 6) is 2.24. The fourth-order valence-electron chi connectivity index (χ4n) is 3.74. The van der Waals surface area contributed by atoms with Crippen LogP contribution in [0.25, 0.3) is 0 Å². The second kappa shape index (κ2) is 8.77. The van der Waals surface area contributed by atoms with Gasteiger partial charge in [0.05, 0.1) is 18.4 Å². The molecule has 0 spiro atoms. The summed E-state index contributed by atoms with van der Waals surface area (Å²) in [5.41, 5.74) is 0. The van der Waals surface area contributed by atoms with Gasteiger partial charge in [-0.05, 0) is 31.6 Å². The van der Waals surface area contributed by atoms with Crippen molar-refractivity contribution >= 4 is 17.7 Å². The van der Waals surface area contributed by atoms with Crippen LogP contribution >= 0.6 is 11.8 Å². The molecule has 2 aromatic rings. The molecule has 2 aromatic heterocycles. The molecule has 10 heteroatoms. The van der Waals surface area contributed by atoms with Crippen molar-refractivity contribution in [2.24, 2.45) is 5.92 Å². The van der Waals surface area contributed by atoms with E-state index < -0.39 is 6.55 Å². The lowest BCUT2D eigenvalue weighted by Gasteiger charge is -2.31. The zero-order chi connectivity index (χ0) is 19.5. The lowest BCUT2D eigenvalue weighted by molar-refractivity contribution is 0.0678. The minimum Gasteiger partial charge on any atom is -0.376 e. The molecule has 0 N–H and O–H groups in total. The van der Waals surface area contributed by atoms with Gasteiger partial charge in [0.15, 0.2) is 5.16 Å². The molecule has 0 aromatic carbocycles. The molecule has 0 radical (unpaired) electrons. The van der Waals surface area contributed by atoms with Crippen molar-refractivity contribution in [1.82, 2.24) is 24.3 Å². The van der Waals surface area contributed by atoms with Crippen molar-refractivity contribution in [3.05, 3.63) is 18.2 Å². The first-order valence-electron chi connectivity index (χ1n) is 9.84. The first-order valence-corrected chi connectivity index (χ1v) is 10.8. The van der Waals surface area contributed by atoms with Gasteiger partial charge in [0.1, 0.15) is 5.82 Å². The number of hydrogen-bond acceptors (Lipinski definition) is 6. The molecule has 0 bridgehead atoms. The van der Waals surface area contributed by atoms with Crippen LogP contribution in [0.2, 0.25) is 0 Å². The smallest absolute Gasteiger partial charge is 0.319 e. The molecule has 2 aliphatic heterocycles. The third kappa shape index (κ3) is 4.32. The predicted molar refractivity (Wildman–Crippen MR) is 103 cm³/mol. The molecule has 0 saturated carbocycles. The summed E-state index contributed by atoms with van der Waals surface area (Å²) in [6.07, 6.45) is 7.23. The van der Waals surface area contributed by atoms with Crippen LogP contribution in [0.1, 0.15) is 45.0 Å². The third-order valence-electron chi connectivity index (χ3n) is 5.46. The summed E-state index contributed by atoms with van der Waals surface area (Å²) >= 11 is 1.40. The number of hydrogen-bond donors (Lipinski definition) is 0. The number of rotatable bonds is 7. The monoisotopic (exact) mass is 412 g/mol. The molecule has 2 fully saturated rings. The van der Waals surface area contributed by atoms with E-state index in [1.807, 2.05) is 0 Å². The molecule has 0 aliphatic carbocycles. The van der Waals surface area contributed by atoms with Crippen molar-refractivity contribution in [3.63, 3.8) is 0 Å². The Morgan fingerprint density at radius 1 is 1.25 bits per heavy atom. The minimum atomic E-state index is -2.59. The van der Waals surface area contributed by atoms with Gasteiger partial charge < -0.3 is 9.64 Å². The Labute approximate surface area is 167 Å². The quantitative estimate of drug-likeness (QED) is 0.648. The number of alkyl halides is 2. The number of halogens is 2. The first kappa shape index (κ1) is 19.6. The van der Waals surface area contributed by atoms with E-state index in [9.17, 15) is 8.78 Å². The van der Waals surface area contributed by atoms with Crippen LogP contribution in [0.3, 0.4) is 0 Å². The summed E-state index contributed by atoms with van der Waals surface area (Å²) in [7, 11) is 0. The minimum absolute atomic E-state index is 0.154.